The number of fused-ring (bicyclic) bond motifs is 2. The maximum Gasteiger partial charge on any atom is 0.231 e. The Hall–Kier alpha value is -3.61. The third kappa shape index (κ3) is 4.45. The summed E-state index contributed by atoms with van der Waals surface area (Å²) in [6.07, 6.45) is 5.54. The van der Waals surface area contributed by atoms with E-state index in [0.29, 0.717) is 43.9 Å². The molecule has 7 nitrogen and oxygen atoms in total. The van der Waals surface area contributed by atoms with E-state index < -0.39 is 0 Å². The van der Waals surface area contributed by atoms with Crippen LogP contribution in [-0.4, -0.2) is 27.8 Å². The average molecular weight is 417 g/mol. The molecule has 2 aromatic heterocycles. The number of ether oxygens (including phenoxy) is 2. The number of H-pyrrole nitrogens is 1. The minimum absolute atomic E-state index is 0.177. The SMILES string of the molecule is O=C(CCc1ccc2c(c1)OCO2)CCc1nnc(CCc2c[nH]c3ccccc23)o1. The van der Waals surface area contributed by atoms with Gasteiger partial charge in [0.1, 0.15) is 5.78 Å². The maximum absolute atomic E-state index is 12.3. The lowest BCUT2D eigenvalue weighted by atomic mass is 10.0. The minimum atomic E-state index is 0.177. The lowest BCUT2D eigenvalue weighted by Gasteiger charge is -2.02. The van der Waals surface area contributed by atoms with Crippen LogP contribution in [0.1, 0.15) is 35.7 Å². The number of hydrogen-bond donors (Lipinski definition) is 1. The van der Waals surface area contributed by atoms with E-state index in [1.54, 1.807) is 0 Å². The Morgan fingerprint density at radius 1 is 0.903 bits per heavy atom. The molecule has 0 amide bonds. The Morgan fingerprint density at radius 2 is 1.71 bits per heavy atom. The molecule has 2 aromatic carbocycles. The number of para-hydroxylation sites is 1. The lowest BCUT2D eigenvalue weighted by molar-refractivity contribution is -0.119. The van der Waals surface area contributed by atoms with Crippen LogP contribution in [-0.2, 0) is 30.5 Å². The van der Waals surface area contributed by atoms with Crippen LogP contribution in [0.3, 0.4) is 0 Å². The van der Waals surface area contributed by atoms with Gasteiger partial charge in [-0.25, -0.2) is 0 Å². The highest BCUT2D eigenvalue weighted by atomic mass is 16.7. The van der Waals surface area contributed by atoms with Crippen LogP contribution in [0.15, 0.2) is 53.1 Å². The van der Waals surface area contributed by atoms with Gasteiger partial charge in [0.2, 0.25) is 18.6 Å². The van der Waals surface area contributed by atoms with Crippen LogP contribution < -0.4 is 9.47 Å². The average Bonchev–Trinajstić information content (AvgIpc) is 3.54. The summed E-state index contributed by atoms with van der Waals surface area (Å²) in [4.78, 5) is 15.6. The summed E-state index contributed by atoms with van der Waals surface area (Å²) in [5.74, 6) is 2.80. The van der Waals surface area contributed by atoms with Crippen LogP contribution in [0, 0.1) is 0 Å². The van der Waals surface area contributed by atoms with Crippen molar-refractivity contribution >= 4 is 16.7 Å². The van der Waals surface area contributed by atoms with Crippen molar-refractivity contribution in [1.82, 2.24) is 15.2 Å². The zero-order valence-corrected chi connectivity index (χ0v) is 17.1. The van der Waals surface area contributed by atoms with Gasteiger partial charge in [-0.3, -0.25) is 4.79 Å². The molecule has 0 radical (unpaired) electrons. The fourth-order valence-corrected chi connectivity index (χ4v) is 3.82. The van der Waals surface area contributed by atoms with Gasteiger partial charge in [-0.05, 0) is 42.2 Å². The van der Waals surface area contributed by atoms with Gasteiger partial charge in [-0.2, -0.15) is 0 Å². The molecule has 0 aliphatic carbocycles. The highest BCUT2D eigenvalue weighted by Crippen LogP contribution is 2.32. The molecule has 0 fully saturated rings. The molecule has 0 bridgehead atoms. The first-order chi connectivity index (χ1) is 15.2. The number of aryl methyl sites for hydroxylation is 4. The van der Waals surface area contributed by atoms with Crippen molar-refractivity contribution in [3.8, 4) is 11.5 Å². The number of aromatic amines is 1. The van der Waals surface area contributed by atoms with Crippen molar-refractivity contribution in [2.45, 2.75) is 38.5 Å². The van der Waals surface area contributed by atoms with Crippen LogP contribution in [0.25, 0.3) is 10.9 Å². The predicted octanol–water partition coefficient (Wildman–Crippen LogP) is 4.20. The Balaban J connectivity index is 1.08. The first-order valence-electron chi connectivity index (χ1n) is 10.5. The summed E-state index contributed by atoms with van der Waals surface area (Å²) in [5, 5.41) is 9.46. The van der Waals surface area contributed by atoms with Gasteiger partial charge in [0.25, 0.3) is 0 Å². The summed E-state index contributed by atoms with van der Waals surface area (Å²) in [6.45, 7) is 0.256. The molecule has 0 saturated heterocycles. The van der Waals surface area contributed by atoms with Crippen LogP contribution in [0.2, 0.25) is 0 Å². The lowest BCUT2D eigenvalue weighted by Crippen LogP contribution is -2.02. The standard InChI is InChI=1S/C24H23N3O4/c28-18(8-5-16-6-10-21-22(13-16)30-15-29-21)9-12-24-27-26-23(31-24)11-7-17-14-25-20-4-2-1-3-19(17)20/h1-4,6,10,13-14,25H,5,7-9,11-12,15H2. The van der Waals surface area contributed by atoms with E-state index in [9.17, 15) is 4.79 Å². The molecule has 0 saturated carbocycles. The second kappa shape index (κ2) is 8.63. The number of aromatic nitrogens is 3. The number of carbonyl (C=O) groups excluding carboxylic acids is 1. The third-order valence-corrected chi connectivity index (χ3v) is 5.54. The zero-order chi connectivity index (χ0) is 21.0. The molecular weight excluding hydrogens is 394 g/mol. The number of rotatable bonds is 9. The normalized spacial score (nSPS) is 12.5. The molecule has 1 aliphatic rings. The van der Waals surface area contributed by atoms with E-state index in [-0.39, 0.29) is 12.6 Å². The Morgan fingerprint density at radius 3 is 2.65 bits per heavy atom. The first-order valence-corrected chi connectivity index (χ1v) is 10.5. The van der Waals surface area contributed by atoms with Crippen molar-refractivity contribution < 1.29 is 18.7 Å². The number of carbonyl (C=O) groups is 1. The molecule has 0 unspecified atom stereocenters. The number of ketones is 1. The number of hydrogen-bond acceptors (Lipinski definition) is 6. The molecule has 4 aromatic rings. The zero-order valence-electron chi connectivity index (χ0n) is 17.1. The molecule has 1 aliphatic heterocycles. The summed E-state index contributed by atoms with van der Waals surface area (Å²) in [6, 6.07) is 14.0. The van der Waals surface area contributed by atoms with Crippen LogP contribution in [0.4, 0.5) is 0 Å². The van der Waals surface area contributed by atoms with E-state index in [4.69, 9.17) is 13.9 Å². The van der Waals surface area contributed by atoms with E-state index in [0.717, 1.165) is 29.0 Å². The highest BCUT2D eigenvalue weighted by Gasteiger charge is 2.14. The third-order valence-electron chi connectivity index (χ3n) is 5.54. The Kier molecular flexibility index (Phi) is 5.39. The van der Waals surface area contributed by atoms with Crippen LogP contribution in [0.5, 0.6) is 11.5 Å². The van der Waals surface area contributed by atoms with E-state index >= 15 is 0 Å². The minimum Gasteiger partial charge on any atom is -0.454 e. The molecular formula is C24H23N3O4. The first kappa shape index (κ1) is 19.4. The topological polar surface area (TPSA) is 90.2 Å². The largest absolute Gasteiger partial charge is 0.454 e. The van der Waals surface area contributed by atoms with Crippen molar-refractivity contribution in [2.75, 3.05) is 6.79 Å². The molecule has 0 spiro atoms. The summed E-state index contributed by atoms with van der Waals surface area (Å²) in [5.41, 5.74) is 3.42. The second-order valence-electron chi connectivity index (χ2n) is 7.68. The summed E-state index contributed by atoms with van der Waals surface area (Å²) in [7, 11) is 0. The van der Waals surface area contributed by atoms with Gasteiger partial charge in [-0.1, -0.05) is 24.3 Å². The van der Waals surface area contributed by atoms with Crippen molar-refractivity contribution in [3.63, 3.8) is 0 Å². The van der Waals surface area contributed by atoms with Gasteiger partial charge in [-0.15, -0.1) is 10.2 Å². The monoisotopic (exact) mass is 417 g/mol. The predicted molar refractivity (Wildman–Crippen MR) is 114 cm³/mol. The molecule has 31 heavy (non-hydrogen) atoms. The summed E-state index contributed by atoms with van der Waals surface area (Å²) < 4.78 is 16.4. The molecule has 1 N–H and O–H groups in total. The highest BCUT2D eigenvalue weighted by molar-refractivity contribution is 5.83. The van der Waals surface area contributed by atoms with Gasteiger partial charge < -0.3 is 18.9 Å². The van der Waals surface area contributed by atoms with Crippen LogP contribution >= 0.6 is 0 Å². The number of Topliss-reactive ketones (excluding diaryl/α,β-unsaturated/α-hetero) is 1. The second-order valence-corrected chi connectivity index (χ2v) is 7.68. The number of nitrogens with zero attached hydrogens (tertiary/aromatic N) is 2. The maximum atomic E-state index is 12.3. The van der Waals surface area contributed by atoms with Crippen molar-refractivity contribution in [1.29, 1.82) is 0 Å². The Bertz CT molecular complexity index is 1210. The van der Waals surface area contributed by atoms with Crippen molar-refractivity contribution in [2.24, 2.45) is 0 Å². The van der Waals surface area contributed by atoms with Gasteiger partial charge in [0.05, 0.1) is 0 Å². The van der Waals surface area contributed by atoms with E-state index in [1.165, 1.54) is 10.9 Å². The molecule has 158 valence electrons. The molecule has 0 atom stereocenters. The summed E-state index contributed by atoms with van der Waals surface area (Å²) >= 11 is 0. The van der Waals surface area contributed by atoms with E-state index in [2.05, 4.69) is 27.3 Å². The number of benzene rings is 2. The fraction of sp³-hybridized carbons (Fsp3) is 0.292. The van der Waals surface area contributed by atoms with Gasteiger partial charge >= 0.3 is 0 Å². The number of nitrogens with one attached hydrogen (secondary N) is 1. The molecule has 5 rings (SSSR count). The smallest absolute Gasteiger partial charge is 0.231 e. The van der Waals surface area contributed by atoms with Gasteiger partial charge in [0, 0.05) is 42.8 Å². The van der Waals surface area contributed by atoms with Gasteiger partial charge in [0.15, 0.2) is 11.5 Å². The Labute approximate surface area is 179 Å². The fourth-order valence-electron chi connectivity index (χ4n) is 3.82. The van der Waals surface area contributed by atoms with E-state index in [1.807, 2.05) is 36.5 Å². The van der Waals surface area contributed by atoms with Crippen molar-refractivity contribution in [3.05, 3.63) is 71.6 Å². The molecule has 3 heterocycles. The molecule has 7 heteroatoms. The quantitative estimate of drug-likeness (QED) is 0.439.